The summed E-state index contributed by atoms with van der Waals surface area (Å²) in [4.78, 5) is 4.48. The summed E-state index contributed by atoms with van der Waals surface area (Å²) in [5.41, 5.74) is 1.19. The van der Waals surface area contributed by atoms with Crippen molar-refractivity contribution in [1.29, 1.82) is 0 Å². The molecule has 0 aliphatic heterocycles. The van der Waals surface area contributed by atoms with Gasteiger partial charge in [-0.25, -0.2) is 8.42 Å². The zero-order valence-corrected chi connectivity index (χ0v) is 18.4. The summed E-state index contributed by atoms with van der Waals surface area (Å²) in [6.07, 6.45) is 7.52. The van der Waals surface area contributed by atoms with Crippen LogP contribution in [-0.4, -0.2) is 37.3 Å². The van der Waals surface area contributed by atoms with E-state index in [0.29, 0.717) is 24.5 Å². The first kappa shape index (κ1) is 22.4. The van der Waals surface area contributed by atoms with Crippen LogP contribution in [0.5, 0.6) is 0 Å². The number of pyridine rings is 1. The van der Waals surface area contributed by atoms with E-state index in [1.54, 1.807) is 34.9 Å². The summed E-state index contributed by atoms with van der Waals surface area (Å²) in [6.45, 7) is 4.48. The van der Waals surface area contributed by atoms with E-state index < -0.39 is 10.0 Å². The maximum atomic E-state index is 13.6. The summed E-state index contributed by atoms with van der Waals surface area (Å²) >= 11 is 0. The third-order valence-corrected chi connectivity index (χ3v) is 7.19. The molecule has 0 saturated carbocycles. The third-order valence-electron chi connectivity index (χ3n) is 5.23. The van der Waals surface area contributed by atoms with Gasteiger partial charge in [-0.15, -0.1) is 0 Å². The average Bonchev–Trinajstić information content (AvgIpc) is 2.78. The van der Waals surface area contributed by atoms with E-state index in [2.05, 4.69) is 29.4 Å². The third kappa shape index (κ3) is 5.88. The zero-order valence-electron chi connectivity index (χ0n) is 17.6. The first-order valence-electron chi connectivity index (χ1n) is 10.7. The largest absolute Gasteiger partial charge is 0.311 e. The lowest BCUT2D eigenvalue weighted by molar-refractivity contribution is 0.392. The van der Waals surface area contributed by atoms with Gasteiger partial charge in [-0.05, 0) is 24.1 Å². The van der Waals surface area contributed by atoms with Gasteiger partial charge in [0.25, 0.3) is 0 Å². The number of hydrogen-bond acceptors (Lipinski definition) is 4. The summed E-state index contributed by atoms with van der Waals surface area (Å²) in [5.74, 6) is 0. The minimum Gasteiger partial charge on any atom is -0.311 e. The van der Waals surface area contributed by atoms with Gasteiger partial charge >= 0.3 is 0 Å². The Labute approximate surface area is 180 Å². The maximum Gasteiger partial charge on any atom is 0.243 e. The van der Waals surface area contributed by atoms with Crippen LogP contribution in [0.25, 0.3) is 10.8 Å². The van der Waals surface area contributed by atoms with Crippen molar-refractivity contribution in [2.24, 2.45) is 0 Å². The van der Waals surface area contributed by atoms with Crippen molar-refractivity contribution in [3.63, 3.8) is 0 Å². The van der Waals surface area contributed by atoms with Gasteiger partial charge in [0, 0.05) is 49.3 Å². The molecule has 160 valence electrons. The highest BCUT2D eigenvalue weighted by Gasteiger charge is 2.25. The SMILES string of the molecule is CCCCCCN(CCNCc1ccccc1)S(=O)(=O)c1cccc2cnccc12. The van der Waals surface area contributed by atoms with Gasteiger partial charge in [-0.3, -0.25) is 4.98 Å². The Morgan fingerprint density at radius 1 is 0.933 bits per heavy atom. The van der Waals surface area contributed by atoms with E-state index in [9.17, 15) is 8.42 Å². The summed E-state index contributed by atoms with van der Waals surface area (Å²) in [7, 11) is -3.59. The van der Waals surface area contributed by atoms with Crippen molar-refractivity contribution in [1.82, 2.24) is 14.6 Å². The fourth-order valence-electron chi connectivity index (χ4n) is 3.56. The molecule has 5 nitrogen and oxygen atoms in total. The molecule has 3 rings (SSSR count). The summed E-state index contributed by atoms with van der Waals surface area (Å²) in [6, 6.07) is 17.3. The number of rotatable bonds is 12. The molecule has 6 heteroatoms. The molecule has 0 saturated heterocycles. The van der Waals surface area contributed by atoms with Gasteiger partial charge in [0.2, 0.25) is 10.0 Å². The van der Waals surface area contributed by atoms with Gasteiger partial charge in [0.15, 0.2) is 0 Å². The van der Waals surface area contributed by atoms with Crippen LogP contribution in [0.1, 0.15) is 38.2 Å². The first-order chi connectivity index (χ1) is 14.6. The smallest absolute Gasteiger partial charge is 0.243 e. The van der Waals surface area contributed by atoms with Crippen molar-refractivity contribution in [3.05, 3.63) is 72.6 Å². The second-order valence-electron chi connectivity index (χ2n) is 7.48. The molecule has 3 aromatic rings. The molecule has 0 radical (unpaired) electrons. The predicted molar refractivity (Wildman–Crippen MR) is 123 cm³/mol. The van der Waals surface area contributed by atoms with Gasteiger partial charge in [0.1, 0.15) is 0 Å². The number of unbranched alkanes of at least 4 members (excludes halogenated alkanes) is 3. The molecule has 1 aromatic heterocycles. The second-order valence-corrected chi connectivity index (χ2v) is 9.39. The normalized spacial score (nSPS) is 11.9. The van der Waals surface area contributed by atoms with Crippen molar-refractivity contribution >= 4 is 20.8 Å². The lowest BCUT2D eigenvalue weighted by atomic mass is 10.2. The molecule has 0 spiro atoms. The molecule has 30 heavy (non-hydrogen) atoms. The summed E-state index contributed by atoms with van der Waals surface area (Å²) in [5, 5.41) is 4.94. The lowest BCUT2D eigenvalue weighted by Gasteiger charge is -2.23. The lowest BCUT2D eigenvalue weighted by Crippen LogP contribution is -2.37. The molecule has 0 fully saturated rings. The number of benzene rings is 2. The molecule has 0 aliphatic rings. The average molecular weight is 426 g/mol. The minimum absolute atomic E-state index is 0.362. The van der Waals surface area contributed by atoms with Crippen LogP contribution < -0.4 is 5.32 Å². The molecule has 0 bridgehead atoms. The van der Waals surface area contributed by atoms with Gasteiger partial charge < -0.3 is 5.32 Å². The van der Waals surface area contributed by atoms with Gasteiger partial charge in [-0.2, -0.15) is 4.31 Å². The van der Waals surface area contributed by atoms with Crippen LogP contribution in [-0.2, 0) is 16.6 Å². The second kappa shape index (κ2) is 11.2. The Kier molecular flexibility index (Phi) is 8.37. The van der Waals surface area contributed by atoms with E-state index in [1.807, 2.05) is 24.3 Å². The van der Waals surface area contributed by atoms with Crippen LogP contribution in [0.2, 0.25) is 0 Å². The number of hydrogen-bond donors (Lipinski definition) is 1. The Morgan fingerprint density at radius 3 is 2.57 bits per heavy atom. The Bertz CT molecular complexity index is 1020. The van der Waals surface area contributed by atoms with Crippen molar-refractivity contribution in [2.45, 2.75) is 44.0 Å². The van der Waals surface area contributed by atoms with Gasteiger partial charge in [0.05, 0.1) is 4.90 Å². The number of fused-ring (bicyclic) bond motifs is 1. The fraction of sp³-hybridized carbons (Fsp3) is 0.375. The Morgan fingerprint density at radius 2 is 1.77 bits per heavy atom. The molecule has 1 heterocycles. The van der Waals surface area contributed by atoms with Crippen LogP contribution in [0.15, 0.2) is 71.9 Å². The monoisotopic (exact) mass is 425 g/mol. The highest BCUT2D eigenvalue weighted by Crippen LogP contribution is 2.25. The number of nitrogens with one attached hydrogen (secondary N) is 1. The number of sulfonamides is 1. The highest BCUT2D eigenvalue weighted by atomic mass is 32.2. The van der Waals surface area contributed by atoms with E-state index in [1.165, 1.54) is 5.56 Å². The first-order valence-corrected chi connectivity index (χ1v) is 12.1. The maximum absolute atomic E-state index is 13.6. The Hall–Kier alpha value is -2.28. The highest BCUT2D eigenvalue weighted by molar-refractivity contribution is 7.89. The predicted octanol–water partition coefficient (Wildman–Crippen LogP) is 4.60. The minimum atomic E-state index is -3.59. The molecule has 0 atom stereocenters. The van der Waals surface area contributed by atoms with Crippen LogP contribution >= 0.6 is 0 Å². The molecular formula is C24H31N3O2S. The van der Waals surface area contributed by atoms with E-state index in [4.69, 9.17) is 0 Å². The van der Waals surface area contributed by atoms with Gasteiger partial charge in [-0.1, -0.05) is 68.7 Å². The van der Waals surface area contributed by atoms with Crippen molar-refractivity contribution < 1.29 is 8.42 Å². The standard InChI is InChI=1S/C24H31N3O2S/c1-2-3-4-8-17-27(18-16-26-19-21-10-6-5-7-11-21)30(28,29)24-13-9-12-22-20-25-15-14-23(22)24/h5-7,9-15,20,26H,2-4,8,16-19H2,1H3. The molecule has 0 aliphatic carbocycles. The Balaban J connectivity index is 1.74. The van der Waals surface area contributed by atoms with Crippen molar-refractivity contribution in [2.75, 3.05) is 19.6 Å². The van der Waals surface area contributed by atoms with E-state index in [0.717, 1.165) is 43.0 Å². The fourth-order valence-corrected chi connectivity index (χ4v) is 5.25. The zero-order chi connectivity index (χ0) is 21.2. The van der Waals surface area contributed by atoms with Crippen LogP contribution in [0, 0.1) is 0 Å². The molecule has 1 N–H and O–H groups in total. The van der Waals surface area contributed by atoms with E-state index in [-0.39, 0.29) is 0 Å². The molecule has 0 amide bonds. The molecular weight excluding hydrogens is 394 g/mol. The van der Waals surface area contributed by atoms with Crippen LogP contribution in [0.3, 0.4) is 0 Å². The molecule has 2 aromatic carbocycles. The summed E-state index contributed by atoms with van der Waals surface area (Å²) < 4.78 is 28.7. The molecule has 0 unspecified atom stereocenters. The van der Waals surface area contributed by atoms with Crippen molar-refractivity contribution in [3.8, 4) is 0 Å². The quantitative estimate of drug-likeness (QED) is 0.431. The number of nitrogens with zero attached hydrogens (tertiary/aromatic N) is 2. The van der Waals surface area contributed by atoms with E-state index >= 15 is 0 Å². The topological polar surface area (TPSA) is 62.3 Å². The number of aromatic nitrogens is 1. The van der Waals surface area contributed by atoms with Crippen LogP contribution in [0.4, 0.5) is 0 Å².